The molecule has 2 aliphatic heterocycles. The van der Waals surface area contributed by atoms with Crippen LogP contribution in [0.15, 0.2) is 18.2 Å². The molecule has 9 heteroatoms. The third kappa shape index (κ3) is 4.83. The molecule has 8 nitrogen and oxygen atoms in total. The lowest BCUT2D eigenvalue weighted by Gasteiger charge is -2.28. The molecule has 0 radical (unpaired) electrons. The van der Waals surface area contributed by atoms with E-state index >= 15 is 0 Å². The standard InChI is InChI=1S/C23H29ClN4O4/c1-13-20(10-18-17-9-15(24)3-4-19(17)27-22(18)30)26-14(2)21(13)23(31)25-11-16(29)12-28-5-7-32-8-6-28/h3-4,9,16,18,26,29H,5-8,10-12H2,1-2H3,(H,25,31)(H,27,30)/t16-,18?/m0/s1. The van der Waals surface area contributed by atoms with Gasteiger partial charge in [0, 0.05) is 54.7 Å². The molecule has 2 aromatic rings. The third-order valence-electron chi connectivity index (χ3n) is 6.21. The van der Waals surface area contributed by atoms with Crippen LogP contribution in [0.5, 0.6) is 0 Å². The minimum Gasteiger partial charge on any atom is -0.390 e. The Morgan fingerprint density at radius 2 is 2.09 bits per heavy atom. The highest BCUT2D eigenvalue weighted by Crippen LogP contribution is 2.37. The van der Waals surface area contributed by atoms with Crippen molar-refractivity contribution < 1.29 is 19.4 Å². The van der Waals surface area contributed by atoms with Gasteiger partial charge in [-0.25, -0.2) is 0 Å². The topological polar surface area (TPSA) is 107 Å². The SMILES string of the molecule is Cc1[nH]c(CC2C(=O)Nc3ccc(Cl)cc32)c(C)c1C(=O)NC[C@H](O)CN1CCOCC1. The number of hydrogen-bond donors (Lipinski definition) is 4. The average molecular weight is 461 g/mol. The minimum absolute atomic E-state index is 0.0776. The summed E-state index contributed by atoms with van der Waals surface area (Å²) in [5, 5.41) is 16.6. The maximum absolute atomic E-state index is 12.9. The molecule has 4 N–H and O–H groups in total. The number of aryl methyl sites for hydroxylation is 1. The zero-order valence-electron chi connectivity index (χ0n) is 18.3. The lowest BCUT2D eigenvalue weighted by Crippen LogP contribution is -2.44. The Kier molecular flexibility index (Phi) is 6.85. The van der Waals surface area contributed by atoms with Crippen LogP contribution in [0.3, 0.4) is 0 Å². The largest absolute Gasteiger partial charge is 0.390 e. The van der Waals surface area contributed by atoms with Gasteiger partial charge in [0.25, 0.3) is 5.91 Å². The van der Waals surface area contributed by atoms with Gasteiger partial charge in [-0.05, 0) is 43.2 Å². The number of nitrogens with zero attached hydrogens (tertiary/aromatic N) is 1. The number of anilines is 1. The predicted molar refractivity (Wildman–Crippen MR) is 122 cm³/mol. The Morgan fingerprint density at radius 3 is 2.84 bits per heavy atom. The number of benzene rings is 1. The van der Waals surface area contributed by atoms with Crippen molar-refractivity contribution in [1.29, 1.82) is 0 Å². The van der Waals surface area contributed by atoms with Crippen LogP contribution in [0.25, 0.3) is 0 Å². The van der Waals surface area contributed by atoms with Gasteiger partial charge < -0.3 is 25.5 Å². The molecule has 0 bridgehead atoms. The van der Waals surface area contributed by atoms with Gasteiger partial charge in [0.05, 0.1) is 30.8 Å². The normalized spacial score (nSPS) is 19.5. The van der Waals surface area contributed by atoms with Gasteiger partial charge in [0.15, 0.2) is 0 Å². The summed E-state index contributed by atoms with van der Waals surface area (Å²) in [4.78, 5) is 30.8. The Morgan fingerprint density at radius 1 is 1.34 bits per heavy atom. The molecule has 0 aliphatic carbocycles. The van der Waals surface area contributed by atoms with E-state index in [4.69, 9.17) is 16.3 Å². The van der Waals surface area contributed by atoms with Crippen LogP contribution in [0, 0.1) is 13.8 Å². The fourth-order valence-electron chi connectivity index (χ4n) is 4.51. The molecule has 3 heterocycles. The fourth-order valence-corrected chi connectivity index (χ4v) is 4.69. The Balaban J connectivity index is 1.41. The molecule has 2 atom stereocenters. The molecule has 32 heavy (non-hydrogen) atoms. The summed E-state index contributed by atoms with van der Waals surface area (Å²) >= 11 is 6.13. The average Bonchev–Trinajstić information content (AvgIpc) is 3.22. The highest BCUT2D eigenvalue weighted by atomic mass is 35.5. The summed E-state index contributed by atoms with van der Waals surface area (Å²) in [6, 6.07) is 5.38. The van der Waals surface area contributed by atoms with Crippen molar-refractivity contribution in [2.75, 3.05) is 44.7 Å². The number of hydrogen-bond acceptors (Lipinski definition) is 5. The number of amides is 2. The van der Waals surface area contributed by atoms with Crippen molar-refractivity contribution in [2.24, 2.45) is 0 Å². The number of carbonyl (C=O) groups is 2. The molecular weight excluding hydrogens is 432 g/mol. The highest BCUT2D eigenvalue weighted by molar-refractivity contribution is 6.31. The minimum atomic E-state index is -0.653. The molecule has 2 aliphatic rings. The fraction of sp³-hybridized carbons (Fsp3) is 0.478. The van der Waals surface area contributed by atoms with Crippen molar-refractivity contribution >= 4 is 29.1 Å². The van der Waals surface area contributed by atoms with Crippen molar-refractivity contribution in [2.45, 2.75) is 32.3 Å². The summed E-state index contributed by atoms with van der Waals surface area (Å²) < 4.78 is 5.32. The third-order valence-corrected chi connectivity index (χ3v) is 6.45. The van der Waals surface area contributed by atoms with Crippen LogP contribution in [-0.4, -0.2) is 72.3 Å². The predicted octanol–water partition coefficient (Wildman–Crippen LogP) is 1.99. The maximum Gasteiger partial charge on any atom is 0.253 e. The van der Waals surface area contributed by atoms with E-state index in [2.05, 4.69) is 20.5 Å². The second-order valence-electron chi connectivity index (χ2n) is 8.48. The number of nitrogens with one attached hydrogen (secondary N) is 3. The molecule has 0 saturated carbocycles. The molecule has 1 aromatic heterocycles. The lowest BCUT2D eigenvalue weighted by molar-refractivity contribution is -0.117. The summed E-state index contributed by atoms with van der Waals surface area (Å²) in [6.07, 6.45) is -0.210. The van der Waals surface area contributed by atoms with Crippen LogP contribution < -0.4 is 10.6 Å². The number of morpholine rings is 1. The second kappa shape index (κ2) is 9.62. The molecule has 1 aromatic carbocycles. The Labute approximate surface area is 192 Å². The molecule has 1 fully saturated rings. The molecule has 0 spiro atoms. The summed E-state index contributed by atoms with van der Waals surface area (Å²) in [5.41, 5.74) is 4.59. The van der Waals surface area contributed by atoms with E-state index in [-0.39, 0.29) is 24.3 Å². The molecular formula is C23H29ClN4O4. The number of aliphatic hydroxyl groups excluding tert-OH is 1. The van der Waals surface area contributed by atoms with Gasteiger partial charge in [-0.2, -0.15) is 0 Å². The van der Waals surface area contributed by atoms with Gasteiger partial charge in [-0.3, -0.25) is 14.5 Å². The van der Waals surface area contributed by atoms with Gasteiger partial charge in [0.1, 0.15) is 0 Å². The molecule has 1 saturated heterocycles. The highest BCUT2D eigenvalue weighted by Gasteiger charge is 2.32. The zero-order chi connectivity index (χ0) is 22.8. The smallest absolute Gasteiger partial charge is 0.253 e. The van der Waals surface area contributed by atoms with E-state index in [1.807, 2.05) is 26.0 Å². The summed E-state index contributed by atoms with van der Waals surface area (Å²) in [5.74, 6) is -0.680. The number of H-pyrrole nitrogens is 1. The van der Waals surface area contributed by atoms with Gasteiger partial charge in [-0.1, -0.05) is 11.6 Å². The van der Waals surface area contributed by atoms with Crippen molar-refractivity contribution in [3.8, 4) is 0 Å². The molecule has 4 rings (SSSR count). The quantitative estimate of drug-likeness (QED) is 0.505. The van der Waals surface area contributed by atoms with Crippen molar-refractivity contribution in [1.82, 2.24) is 15.2 Å². The number of aromatic nitrogens is 1. The number of halogens is 1. The van der Waals surface area contributed by atoms with Gasteiger partial charge in [0.2, 0.25) is 5.91 Å². The van der Waals surface area contributed by atoms with E-state index in [9.17, 15) is 14.7 Å². The maximum atomic E-state index is 12.9. The van der Waals surface area contributed by atoms with Gasteiger partial charge in [-0.15, -0.1) is 0 Å². The summed E-state index contributed by atoms with van der Waals surface area (Å²) in [6.45, 7) is 7.30. The Bertz CT molecular complexity index is 1020. The number of fused-ring (bicyclic) bond motifs is 1. The first-order valence-corrected chi connectivity index (χ1v) is 11.3. The molecule has 2 amide bonds. The van der Waals surface area contributed by atoms with E-state index in [0.717, 1.165) is 41.3 Å². The van der Waals surface area contributed by atoms with Crippen LogP contribution >= 0.6 is 11.6 Å². The number of ether oxygens (including phenoxy) is 1. The van der Waals surface area contributed by atoms with Crippen molar-refractivity contribution in [3.05, 3.63) is 51.3 Å². The van der Waals surface area contributed by atoms with Crippen LogP contribution in [0.4, 0.5) is 5.69 Å². The first kappa shape index (κ1) is 22.8. The Hall–Kier alpha value is -2.39. The first-order chi connectivity index (χ1) is 15.3. The monoisotopic (exact) mass is 460 g/mol. The van der Waals surface area contributed by atoms with Crippen molar-refractivity contribution in [3.63, 3.8) is 0 Å². The summed E-state index contributed by atoms with van der Waals surface area (Å²) in [7, 11) is 0. The number of carbonyl (C=O) groups excluding carboxylic acids is 2. The molecule has 1 unspecified atom stereocenters. The molecule has 172 valence electrons. The van der Waals surface area contributed by atoms with E-state index in [1.165, 1.54) is 0 Å². The van der Waals surface area contributed by atoms with Crippen LogP contribution in [0.2, 0.25) is 5.02 Å². The number of aromatic amines is 1. The lowest BCUT2D eigenvalue weighted by atomic mass is 9.94. The van der Waals surface area contributed by atoms with Crippen LogP contribution in [-0.2, 0) is 16.0 Å². The number of aliphatic hydroxyl groups is 1. The zero-order valence-corrected chi connectivity index (χ0v) is 19.1. The first-order valence-electron chi connectivity index (χ1n) is 10.9. The van der Waals surface area contributed by atoms with Crippen LogP contribution in [0.1, 0.15) is 38.8 Å². The van der Waals surface area contributed by atoms with E-state index in [0.29, 0.717) is 36.8 Å². The number of rotatable bonds is 7. The number of β-amino-alcohol motifs (C(OH)–C–C–N with tert-alkyl or cyclic N) is 1. The second-order valence-corrected chi connectivity index (χ2v) is 8.92. The van der Waals surface area contributed by atoms with Gasteiger partial charge >= 0.3 is 0 Å². The van der Waals surface area contributed by atoms with E-state index in [1.54, 1.807) is 6.07 Å². The van der Waals surface area contributed by atoms with E-state index < -0.39 is 6.10 Å².